The van der Waals surface area contributed by atoms with E-state index in [0.29, 0.717) is 12.1 Å². The van der Waals surface area contributed by atoms with Crippen molar-refractivity contribution in [2.24, 2.45) is 0 Å². The van der Waals surface area contributed by atoms with Crippen LogP contribution in [-0.4, -0.2) is 30.1 Å². The SMILES string of the molecule is CC(NC1CC2CCC(C1)N2C)c1ccco1. The highest BCUT2D eigenvalue weighted by Gasteiger charge is 2.38. The Morgan fingerprint density at radius 3 is 2.65 bits per heavy atom. The Kier molecular flexibility index (Phi) is 2.97. The summed E-state index contributed by atoms with van der Waals surface area (Å²) in [4.78, 5) is 2.58. The highest BCUT2D eigenvalue weighted by atomic mass is 16.3. The zero-order valence-electron chi connectivity index (χ0n) is 10.7. The maximum Gasteiger partial charge on any atom is 0.120 e. The second kappa shape index (κ2) is 4.46. The molecular weight excluding hydrogens is 212 g/mol. The summed E-state index contributed by atoms with van der Waals surface area (Å²) < 4.78 is 5.45. The van der Waals surface area contributed by atoms with Gasteiger partial charge in [0.25, 0.3) is 0 Å². The molecule has 1 N–H and O–H groups in total. The molecule has 3 heterocycles. The van der Waals surface area contributed by atoms with Crippen LogP contribution in [0, 0.1) is 0 Å². The van der Waals surface area contributed by atoms with Gasteiger partial charge < -0.3 is 14.6 Å². The molecule has 0 spiro atoms. The number of furan rings is 1. The molecule has 2 aliphatic rings. The van der Waals surface area contributed by atoms with Crippen LogP contribution in [0.3, 0.4) is 0 Å². The molecule has 0 aromatic carbocycles. The third-order valence-corrected chi connectivity index (χ3v) is 4.55. The third kappa shape index (κ3) is 2.14. The summed E-state index contributed by atoms with van der Waals surface area (Å²) in [6.07, 6.45) is 7.10. The molecule has 3 nitrogen and oxygen atoms in total. The summed E-state index contributed by atoms with van der Waals surface area (Å²) in [5, 5.41) is 3.72. The summed E-state index contributed by atoms with van der Waals surface area (Å²) in [5.41, 5.74) is 0. The van der Waals surface area contributed by atoms with Gasteiger partial charge in [0.05, 0.1) is 12.3 Å². The van der Waals surface area contributed by atoms with Crippen molar-refractivity contribution >= 4 is 0 Å². The molecule has 3 heteroatoms. The van der Waals surface area contributed by atoms with E-state index >= 15 is 0 Å². The number of fused-ring (bicyclic) bond motifs is 2. The average molecular weight is 234 g/mol. The van der Waals surface area contributed by atoms with Crippen molar-refractivity contribution in [3.8, 4) is 0 Å². The van der Waals surface area contributed by atoms with Crippen LogP contribution in [-0.2, 0) is 0 Å². The van der Waals surface area contributed by atoms with Gasteiger partial charge in [0.15, 0.2) is 0 Å². The first-order valence-corrected chi connectivity index (χ1v) is 6.75. The molecule has 1 aromatic rings. The molecule has 2 bridgehead atoms. The van der Waals surface area contributed by atoms with Gasteiger partial charge in [-0.2, -0.15) is 0 Å². The molecule has 17 heavy (non-hydrogen) atoms. The standard InChI is InChI=1S/C14H22N2O/c1-10(14-4-3-7-17-14)15-11-8-12-5-6-13(9-11)16(12)2/h3-4,7,10-13,15H,5-6,8-9H2,1-2H3. The van der Waals surface area contributed by atoms with Crippen molar-refractivity contribution in [2.45, 2.75) is 56.8 Å². The van der Waals surface area contributed by atoms with Gasteiger partial charge in [0, 0.05) is 18.1 Å². The maximum absolute atomic E-state index is 5.45. The minimum absolute atomic E-state index is 0.331. The monoisotopic (exact) mass is 234 g/mol. The molecule has 3 unspecified atom stereocenters. The summed E-state index contributed by atoms with van der Waals surface area (Å²) in [6, 6.07) is 6.61. The molecule has 0 saturated carbocycles. The fraction of sp³-hybridized carbons (Fsp3) is 0.714. The van der Waals surface area contributed by atoms with E-state index in [4.69, 9.17) is 4.42 Å². The largest absolute Gasteiger partial charge is 0.468 e. The first kappa shape index (κ1) is 11.3. The first-order chi connectivity index (χ1) is 8.24. The molecule has 2 fully saturated rings. The first-order valence-electron chi connectivity index (χ1n) is 6.75. The zero-order valence-corrected chi connectivity index (χ0v) is 10.7. The summed E-state index contributed by atoms with van der Waals surface area (Å²) >= 11 is 0. The van der Waals surface area contributed by atoms with E-state index in [-0.39, 0.29) is 0 Å². The molecule has 3 atom stereocenters. The van der Waals surface area contributed by atoms with E-state index in [1.54, 1.807) is 6.26 Å². The van der Waals surface area contributed by atoms with Crippen molar-refractivity contribution < 1.29 is 4.42 Å². The number of hydrogen-bond acceptors (Lipinski definition) is 3. The van der Waals surface area contributed by atoms with Gasteiger partial charge in [-0.15, -0.1) is 0 Å². The van der Waals surface area contributed by atoms with E-state index < -0.39 is 0 Å². The molecule has 0 amide bonds. The Balaban J connectivity index is 1.60. The molecule has 3 rings (SSSR count). The van der Waals surface area contributed by atoms with E-state index in [1.165, 1.54) is 25.7 Å². The van der Waals surface area contributed by atoms with E-state index in [9.17, 15) is 0 Å². The Morgan fingerprint density at radius 1 is 1.35 bits per heavy atom. The van der Waals surface area contributed by atoms with Gasteiger partial charge >= 0.3 is 0 Å². The summed E-state index contributed by atoms with van der Waals surface area (Å²) in [6.45, 7) is 2.19. The van der Waals surface area contributed by atoms with Crippen molar-refractivity contribution in [3.63, 3.8) is 0 Å². The normalized spacial score (nSPS) is 35.1. The number of rotatable bonds is 3. The Labute approximate surface area is 103 Å². The van der Waals surface area contributed by atoms with Crippen LogP contribution in [0.5, 0.6) is 0 Å². The Morgan fingerprint density at radius 2 is 2.06 bits per heavy atom. The topological polar surface area (TPSA) is 28.4 Å². The molecule has 2 aliphatic heterocycles. The lowest BCUT2D eigenvalue weighted by Crippen LogP contribution is -2.47. The van der Waals surface area contributed by atoms with E-state index in [1.807, 2.05) is 6.07 Å². The molecule has 0 aliphatic carbocycles. The van der Waals surface area contributed by atoms with Gasteiger partial charge in [-0.25, -0.2) is 0 Å². The summed E-state index contributed by atoms with van der Waals surface area (Å²) in [5.74, 6) is 1.05. The van der Waals surface area contributed by atoms with E-state index in [0.717, 1.165) is 17.8 Å². The van der Waals surface area contributed by atoms with Crippen LogP contribution < -0.4 is 5.32 Å². The van der Waals surface area contributed by atoms with Crippen LogP contribution in [0.4, 0.5) is 0 Å². The van der Waals surface area contributed by atoms with Crippen LogP contribution in [0.25, 0.3) is 0 Å². The average Bonchev–Trinajstić information content (AvgIpc) is 2.88. The van der Waals surface area contributed by atoms with Gasteiger partial charge in [-0.05, 0) is 51.8 Å². The molecule has 0 radical (unpaired) electrons. The predicted molar refractivity (Wildman–Crippen MR) is 67.9 cm³/mol. The van der Waals surface area contributed by atoms with Crippen LogP contribution in [0.2, 0.25) is 0 Å². The zero-order chi connectivity index (χ0) is 11.8. The predicted octanol–water partition coefficient (Wildman–Crippen LogP) is 2.56. The second-order valence-electron chi connectivity index (χ2n) is 5.62. The fourth-order valence-electron chi connectivity index (χ4n) is 3.52. The minimum atomic E-state index is 0.331. The quantitative estimate of drug-likeness (QED) is 0.871. The number of nitrogens with zero attached hydrogens (tertiary/aromatic N) is 1. The van der Waals surface area contributed by atoms with Crippen molar-refractivity contribution in [1.29, 1.82) is 0 Å². The number of hydrogen-bond donors (Lipinski definition) is 1. The smallest absolute Gasteiger partial charge is 0.120 e. The lowest BCUT2D eigenvalue weighted by atomic mass is 9.97. The van der Waals surface area contributed by atoms with Gasteiger partial charge in [-0.1, -0.05) is 0 Å². The molecular formula is C14H22N2O. The lowest BCUT2D eigenvalue weighted by molar-refractivity contribution is 0.142. The van der Waals surface area contributed by atoms with Gasteiger partial charge in [0.1, 0.15) is 5.76 Å². The van der Waals surface area contributed by atoms with Gasteiger partial charge in [-0.3, -0.25) is 0 Å². The Hall–Kier alpha value is -0.800. The Bertz CT molecular complexity index is 348. The van der Waals surface area contributed by atoms with Crippen LogP contribution in [0.1, 0.15) is 44.4 Å². The minimum Gasteiger partial charge on any atom is -0.468 e. The van der Waals surface area contributed by atoms with Crippen LogP contribution in [0.15, 0.2) is 22.8 Å². The van der Waals surface area contributed by atoms with E-state index in [2.05, 4.69) is 30.3 Å². The van der Waals surface area contributed by atoms with Crippen molar-refractivity contribution in [1.82, 2.24) is 10.2 Å². The molecule has 94 valence electrons. The third-order valence-electron chi connectivity index (χ3n) is 4.55. The van der Waals surface area contributed by atoms with Crippen LogP contribution >= 0.6 is 0 Å². The van der Waals surface area contributed by atoms with Gasteiger partial charge in [0.2, 0.25) is 0 Å². The molecule has 2 saturated heterocycles. The number of nitrogens with one attached hydrogen (secondary N) is 1. The van der Waals surface area contributed by atoms with Crippen molar-refractivity contribution in [2.75, 3.05) is 7.05 Å². The summed E-state index contributed by atoms with van der Waals surface area (Å²) in [7, 11) is 2.29. The fourth-order valence-corrected chi connectivity index (χ4v) is 3.52. The number of piperidine rings is 1. The lowest BCUT2D eigenvalue weighted by Gasteiger charge is -2.37. The maximum atomic E-state index is 5.45. The second-order valence-corrected chi connectivity index (χ2v) is 5.62. The molecule has 1 aromatic heterocycles. The highest BCUT2D eigenvalue weighted by molar-refractivity contribution is 5.05. The van der Waals surface area contributed by atoms with Crippen molar-refractivity contribution in [3.05, 3.63) is 24.2 Å². The highest BCUT2D eigenvalue weighted by Crippen LogP contribution is 2.34.